The van der Waals surface area contributed by atoms with Crippen molar-refractivity contribution in [2.75, 3.05) is 0 Å². The molecule has 2 N–H and O–H groups in total. The molecule has 124 valence electrons. The van der Waals surface area contributed by atoms with Crippen LogP contribution >= 0.6 is 15.9 Å². The molecule has 1 aromatic rings. The Morgan fingerprint density at radius 2 is 1.74 bits per heavy atom. The molecular formula is C18H22BrNO3. The zero-order chi connectivity index (χ0) is 16.4. The predicted octanol–water partition coefficient (Wildman–Crippen LogP) is 3.84. The summed E-state index contributed by atoms with van der Waals surface area (Å²) >= 11 is 3.44. The fourth-order valence-electron chi connectivity index (χ4n) is 3.78. The van der Waals surface area contributed by atoms with Crippen molar-refractivity contribution < 1.29 is 14.7 Å². The molecule has 2 saturated carbocycles. The number of carbonyl (C=O) groups excluding carboxylic acids is 1. The second-order valence-corrected chi connectivity index (χ2v) is 7.75. The van der Waals surface area contributed by atoms with Crippen LogP contribution in [0, 0.1) is 11.8 Å². The minimum atomic E-state index is -0.770. The Labute approximate surface area is 144 Å². The molecular weight excluding hydrogens is 358 g/mol. The highest BCUT2D eigenvalue weighted by Crippen LogP contribution is 2.42. The topological polar surface area (TPSA) is 66.4 Å². The lowest BCUT2D eigenvalue weighted by Crippen LogP contribution is -2.53. The first-order valence-corrected chi connectivity index (χ1v) is 9.10. The zero-order valence-electron chi connectivity index (χ0n) is 13.1. The first-order chi connectivity index (χ1) is 11.0. The van der Waals surface area contributed by atoms with Gasteiger partial charge in [-0.25, -0.2) is 0 Å². The number of nitrogens with one attached hydrogen (secondary N) is 1. The van der Waals surface area contributed by atoms with Gasteiger partial charge in [-0.05, 0) is 56.2 Å². The van der Waals surface area contributed by atoms with Crippen molar-refractivity contribution in [2.24, 2.45) is 11.8 Å². The minimum Gasteiger partial charge on any atom is -0.481 e. The molecule has 2 unspecified atom stereocenters. The van der Waals surface area contributed by atoms with E-state index in [2.05, 4.69) is 33.4 Å². The van der Waals surface area contributed by atoms with Crippen LogP contribution in [-0.4, -0.2) is 17.0 Å². The maximum atomic E-state index is 12.7. The highest BCUT2D eigenvalue weighted by molar-refractivity contribution is 9.10. The molecule has 3 rings (SSSR count). The van der Waals surface area contributed by atoms with Crippen LogP contribution in [0.25, 0.3) is 0 Å². The number of carboxylic acids is 1. The van der Waals surface area contributed by atoms with Crippen LogP contribution in [-0.2, 0) is 15.1 Å². The molecule has 1 aromatic carbocycles. The van der Waals surface area contributed by atoms with Crippen molar-refractivity contribution in [3.05, 3.63) is 34.3 Å². The third kappa shape index (κ3) is 3.44. The Kier molecular flexibility index (Phi) is 4.76. The fraction of sp³-hybridized carbons (Fsp3) is 0.556. The second-order valence-electron chi connectivity index (χ2n) is 6.83. The average Bonchev–Trinajstić information content (AvgIpc) is 2.52. The molecule has 2 aliphatic rings. The SMILES string of the molecule is O=C(O)C1CCCC(C(=O)NC2(c3ccc(Br)cc3)CCC2)C1. The summed E-state index contributed by atoms with van der Waals surface area (Å²) < 4.78 is 1.03. The highest BCUT2D eigenvalue weighted by Gasteiger charge is 2.42. The van der Waals surface area contributed by atoms with E-state index in [1.807, 2.05) is 12.1 Å². The Morgan fingerprint density at radius 1 is 1.09 bits per heavy atom. The Bertz CT molecular complexity index is 595. The van der Waals surface area contributed by atoms with E-state index < -0.39 is 5.97 Å². The number of carbonyl (C=O) groups is 2. The zero-order valence-corrected chi connectivity index (χ0v) is 14.6. The quantitative estimate of drug-likeness (QED) is 0.834. The number of halogens is 1. The normalized spacial score (nSPS) is 26.1. The standard InChI is InChI=1S/C18H22BrNO3/c19-15-7-5-14(6-8-15)18(9-2-10-18)20-16(21)12-3-1-4-13(11-12)17(22)23/h5-8,12-13H,1-4,9-11H2,(H,20,21)(H,22,23). The molecule has 1 amide bonds. The molecule has 2 atom stereocenters. The Morgan fingerprint density at radius 3 is 2.30 bits per heavy atom. The molecule has 0 saturated heterocycles. The summed E-state index contributed by atoms with van der Waals surface area (Å²) in [6.45, 7) is 0. The highest BCUT2D eigenvalue weighted by atomic mass is 79.9. The Balaban J connectivity index is 1.70. The maximum Gasteiger partial charge on any atom is 0.306 e. The van der Waals surface area contributed by atoms with Crippen LogP contribution in [0.3, 0.4) is 0 Å². The van der Waals surface area contributed by atoms with Crippen molar-refractivity contribution in [3.8, 4) is 0 Å². The van der Waals surface area contributed by atoms with E-state index in [1.165, 1.54) is 0 Å². The number of hydrogen-bond donors (Lipinski definition) is 2. The monoisotopic (exact) mass is 379 g/mol. The van der Waals surface area contributed by atoms with E-state index in [9.17, 15) is 14.7 Å². The molecule has 2 fully saturated rings. The molecule has 0 aromatic heterocycles. The second kappa shape index (κ2) is 6.63. The summed E-state index contributed by atoms with van der Waals surface area (Å²) in [6, 6.07) is 8.13. The fourth-order valence-corrected chi connectivity index (χ4v) is 4.04. The van der Waals surface area contributed by atoms with Gasteiger partial charge in [0.15, 0.2) is 0 Å². The van der Waals surface area contributed by atoms with Gasteiger partial charge in [-0.1, -0.05) is 34.5 Å². The van der Waals surface area contributed by atoms with Gasteiger partial charge in [0.2, 0.25) is 5.91 Å². The van der Waals surface area contributed by atoms with E-state index in [-0.39, 0.29) is 23.3 Å². The number of hydrogen-bond acceptors (Lipinski definition) is 2. The van der Waals surface area contributed by atoms with Crippen LogP contribution in [0.15, 0.2) is 28.7 Å². The van der Waals surface area contributed by atoms with Gasteiger partial charge in [-0.3, -0.25) is 9.59 Å². The number of benzene rings is 1. The molecule has 0 bridgehead atoms. The van der Waals surface area contributed by atoms with Crippen LogP contribution < -0.4 is 5.32 Å². The van der Waals surface area contributed by atoms with Gasteiger partial charge in [0.1, 0.15) is 0 Å². The van der Waals surface area contributed by atoms with E-state index in [4.69, 9.17) is 0 Å². The first-order valence-electron chi connectivity index (χ1n) is 8.31. The van der Waals surface area contributed by atoms with Crippen LogP contribution in [0.5, 0.6) is 0 Å². The van der Waals surface area contributed by atoms with E-state index >= 15 is 0 Å². The molecule has 0 heterocycles. The number of rotatable bonds is 4. The van der Waals surface area contributed by atoms with Crippen molar-refractivity contribution in [1.29, 1.82) is 0 Å². The van der Waals surface area contributed by atoms with Crippen LogP contribution in [0.1, 0.15) is 50.5 Å². The number of aliphatic carboxylic acids is 1. The van der Waals surface area contributed by atoms with Crippen molar-refractivity contribution >= 4 is 27.8 Å². The third-order valence-corrected chi connectivity index (χ3v) is 5.89. The summed E-state index contributed by atoms with van der Waals surface area (Å²) in [6.07, 6.45) is 5.80. The summed E-state index contributed by atoms with van der Waals surface area (Å²) in [5.41, 5.74) is 0.888. The number of amides is 1. The van der Waals surface area contributed by atoms with Gasteiger partial charge in [0.25, 0.3) is 0 Å². The number of carboxylic acid groups (broad SMARTS) is 1. The lowest BCUT2D eigenvalue weighted by Gasteiger charge is -2.44. The smallest absolute Gasteiger partial charge is 0.306 e. The predicted molar refractivity (Wildman–Crippen MR) is 90.9 cm³/mol. The molecule has 4 nitrogen and oxygen atoms in total. The lowest BCUT2D eigenvalue weighted by molar-refractivity contribution is -0.144. The maximum absolute atomic E-state index is 12.7. The molecule has 0 spiro atoms. The third-order valence-electron chi connectivity index (χ3n) is 5.36. The summed E-state index contributed by atoms with van der Waals surface area (Å²) in [4.78, 5) is 23.9. The van der Waals surface area contributed by atoms with Gasteiger partial charge in [0, 0.05) is 10.4 Å². The van der Waals surface area contributed by atoms with Gasteiger partial charge < -0.3 is 10.4 Å². The van der Waals surface area contributed by atoms with E-state index in [0.717, 1.165) is 42.1 Å². The lowest BCUT2D eigenvalue weighted by atomic mass is 9.71. The summed E-state index contributed by atoms with van der Waals surface area (Å²) in [5, 5.41) is 12.4. The molecule has 0 radical (unpaired) electrons. The largest absolute Gasteiger partial charge is 0.481 e. The van der Waals surface area contributed by atoms with Crippen molar-refractivity contribution in [3.63, 3.8) is 0 Å². The molecule has 2 aliphatic carbocycles. The molecule has 23 heavy (non-hydrogen) atoms. The summed E-state index contributed by atoms with van der Waals surface area (Å²) in [7, 11) is 0. The average molecular weight is 380 g/mol. The van der Waals surface area contributed by atoms with Gasteiger partial charge in [-0.2, -0.15) is 0 Å². The van der Waals surface area contributed by atoms with Gasteiger partial charge in [0.05, 0.1) is 11.5 Å². The van der Waals surface area contributed by atoms with Crippen LogP contribution in [0.4, 0.5) is 0 Å². The molecule has 5 heteroatoms. The first kappa shape index (κ1) is 16.5. The molecule has 0 aliphatic heterocycles. The summed E-state index contributed by atoms with van der Waals surface area (Å²) in [5.74, 6) is -1.28. The van der Waals surface area contributed by atoms with Crippen LogP contribution in [0.2, 0.25) is 0 Å². The van der Waals surface area contributed by atoms with E-state index in [1.54, 1.807) is 0 Å². The van der Waals surface area contributed by atoms with E-state index in [0.29, 0.717) is 12.8 Å². The Hall–Kier alpha value is -1.36. The van der Waals surface area contributed by atoms with Gasteiger partial charge >= 0.3 is 5.97 Å². The minimum absolute atomic E-state index is 0.0265. The van der Waals surface area contributed by atoms with Gasteiger partial charge in [-0.15, -0.1) is 0 Å². The van der Waals surface area contributed by atoms with Crippen molar-refractivity contribution in [1.82, 2.24) is 5.32 Å². The van der Waals surface area contributed by atoms with Crippen molar-refractivity contribution in [2.45, 2.75) is 50.5 Å².